The number of alkyl halides is 1. The predicted molar refractivity (Wildman–Crippen MR) is 221 cm³/mol. The minimum absolute atomic E-state index is 0.00226. The summed E-state index contributed by atoms with van der Waals surface area (Å²) in [6.07, 6.45) is 0.550. The molecular formula is C45H57BrO14. The fraction of sp³-hybridized carbons (Fsp3) is 0.622. The van der Waals surface area contributed by atoms with E-state index in [-0.39, 0.29) is 47.5 Å². The highest BCUT2D eigenvalue weighted by Crippen LogP contribution is 2.73. The summed E-state index contributed by atoms with van der Waals surface area (Å²) in [5.74, 6) is -3.43. The van der Waals surface area contributed by atoms with Crippen molar-refractivity contribution in [2.75, 3.05) is 13.7 Å². The van der Waals surface area contributed by atoms with Gasteiger partial charge in [0.05, 0.1) is 31.0 Å². The van der Waals surface area contributed by atoms with Crippen LogP contribution in [0.1, 0.15) is 103 Å². The maximum Gasteiger partial charge on any atom is 0.333 e. The van der Waals surface area contributed by atoms with Gasteiger partial charge in [0.25, 0.3) is 0 Å². The van der Waals surface area contributed by atoms with Gasteiger partial charge >= 0.3 is 5.97 Å². The standard InChI is InChI=1S/C45H57BrO14/c1-21(2)11-10-16-42(8)17-15-25-33(58-42)24(13-12-22(3)4)35-29(34(25)57-40-32(50)31(49)30(48)27(20-47)56-40)38(53)44(46)37(52)26-19-28-41(6,7)60-43(36(26)51,45(28,44)59-35)18-14-23(5)39(54)55-9/h11-12,14-15,17,26-28,30-32,37,40,47-50,52H,10,13,16,18-20H2,1-9H3/t26?,27-,28?,30-,31-,32-,37?,40+,42?,43?,44?,45?/m1/s1. The summed E-state index contributed by atoms with van der Waals surface area (Å²) in [5, 5.41) is 55.1. The number of ketones is 2. The Bertz CT molecular complexity index is 2100. The van der Waals surface area contributed by atoms with E-state index >= 15 is 4.79 Å². The van der Waals surface area contributed by atoms with Crippen LogP contribution in [-0.4, -0.2) is 120 Å². The van der Waals surface area contributed by atoms with Crippen molar-refractivity contribution >= 4 is 39.5 Å². The van der Waals surface area contributed by atoms with Crippen molar-refractivity contribution in [2.24, 2.45) is 11.8 Å². The Hall–Kier alpha value is -3.41. The molecular weight excluding hydrogens is 844 g/mol. The summed E-state index contributed by atoms with van der Waals surface area (Å²) in [7, 11) is 1.25. The molecule has 4 aliphatic heterocycles. The molecule has 0 aromatic heterocycles. The van der Waals surface area contributed by atoms with E-state index in [1.165, 1.54) is 13.2 Å². The van der Waals surface area contributed by atoms with Crippen LogP contribution in [0.25, 0.3) is 6.08 Å². The van der Waals surface area contributed by atoms with Crippen molar-refractivity contribution in [3.8, 4) is 17.2 Å². The van der Waals surface area contributed by atoms with Crippen LogP contribution in [-0.2, 0) is 30.2 Å². The van der Waals surface area contributed by atoms with Crippen molar-refractivity contribution in [3.05, 3.63) is 57.7 Å². The average molecular weight is 902 g/mol. The SMILES string of the molecule is COC(=O)C(C)=CCC12OC(C)(C)C3CC(C1=O)C(O)C1(Br)C(=O)c4c(O[C@@H]5O[C@H](CO)[C@@H](O)[C@@H](O)[C@H]5O)c5c(c(CC=C(C)C)c4OC321)OC(C)(CCC=C(C)C)C=C5. The van der Waals surface area contributed by atoms with Gasteiger partial charge in [-0.2, -0.15) is 0 Å². The van der Waals surface area contributed by atoms with Gasteiger partial charge in [-0.15, -0.1) is 0 Å². The van der Waals surface area contributed by atoms with Gasteiger partial charge in [-0.25, -0.2) is 4.79 Å². The van der Waals surface area contributed by atoms with Gasteiger partial charge in [-0.05, 0) is 93.2 Å². The number of hydrogen-bond acceptors (Lipinski definition) is 14. The highest BCUT2D eigenvalue weighted by molar-refractivity contribution is 9.10. The normalized spacial score (nSPS) is 38.2. The Balaban J connectivity index is 1.53. The van der Waals surface area contributed by atoms with Gasteiger partial charge in [-0.3, -0.25) is 9.59 Å². The van der Waals surface area contributed by atoms with E-state index in [0.717, 1.165) is 11.1 Å². The van der Waals surface area contributed by atoms with E-state index < -0.39 is 99.5 Å². The number of aliphatic hydroxyl groups excluding tert-OH is 5. The summed E-state index contributed by atoms with van der Waals surface area (Å²) >= 11 is 3.78. The number of esters is 1. The molecule has 5 N–H and O–H groups in total. The molecule has 5 fully saturated rings. The van der Waals surface area contributed by atoms with Crippen LogP contribution in [0.15, 0.2) is 41.0 Å². The lowest BCUT2D eigenvalue weighted by Gasteiger charge is -2.65. The third-order valence-corrected chi connectivity index (χ3v) is 14.8. The van der Waals surface area contributed by atoms with Crippen LogP contribution in [0.4, 0.5) is 0 Å². The van der Waals surface area contributed by atoms with E-state index in [0.29, 0.717) is 24.2 Å². The average Bonchev–Trinajstić information content (AvgIpc) is 3.33. The molecule has 60 heavy (non-hydrogen) atoms. The number of carbonyl (C=O) groups is 3. The van der Waals surface area contributed by atoms with Gasteiger partial charge in [0, 0.05) is 29.4 Å². The molecule has 4 bridgehead atoms. The fourth-order valence-corrected chi connectivity index (χ4v) is 11.5. The number of carbonyl (C=O) groups excluding carboxylic acids is 3. The molecule has 1 aromatic carbocycles. The first-order valence-corrected chi connectivity index (χ1v) is 21.3. The number of rotatable bonds is 11. The summed E-state index contributed by atoms with van der Waals surface area (Å²) in [6.45, 7) is 14.3. The molecule has 2 saturated heterocycles. The summed E-state index contributed by atoms with van der Waals surface area (Å²) in [6, 6.07) is 0. The van der Waals surface area contributed by atoms with E-state index in [4.69, 9.17) is 28.4 Å². The van der Waals surface area contributed by atoms with Crippen molar-refractivity contribution in [3.63, 3.8) is 0 Å². The first-order chi connectivity index (χ1) is 28.1. The van der Waals surface area contributed by atoms with Crippen LogP contribution < -0.4 is 14.2 Å². The molecule has 0 amide bonds. The van der Waals surface area contributed by atoms with Gasteiger partial charge in [0.2, 0.25) is 6.29 Å². The van der Waals surface area contributed by atoms with E-state index in [9.17, 15) is 35.1 Å². The molecule has 7 aliphatic rings. The highest BCUT2D eigenvalue weighted by Gasteiger charge is 2.90. The van der Waals surface area contributed by atoms with Crippen molar-refractivity contribution < 1.29 is 68.3 Å². The molecule has 3 saturated carbocycles. The molecule has 0 radical (unpaired) electrons. The molecule has 12 atom stereocenters. The topological polar surface area (TPSA) is 208 Å². The fourth-order valence-electron chi connectivity index (χ4n) is 10.3. The molecule has 328 valence electrons. The maximum atomic E-state index is 16.0. The zero-order valence-corrected chi connectivity index (χ0v) is 37.1. The summed E-state index contributed by atoms with van der Waals surface area (Å²) in [4.78, 5) is 43.6. The van der Waals surface area contributed by atoms with Crippen LogP contribution in [0.3, 0.4) is 0 Å². The second kappa shape index (κ2) is 15.4. The molecule has 15 heteroatoms. The van der Waals surface area contributed by atoms with Gasteiger partial charge in [-0.1, -0.05) is 45.3 Å². The Morgan fingerprint density at radius 1 is 0.950 bits per heavy atom. The number of ether oxygens (including phenoxy) is 6. The number of hydrogen-bond donors (Lipinski definition) is 5. The lowest BCUT2D eigenvalue weighted by molar-refractivity contribution is -0.277. The molecule has 1 aromatic rings. The second-order valence-corrected chi connectivity index (χ2v) is 19.6. The number of halogens is 1. The number of Topliss-reactive ketones (excluding diaryl/α,β-unsaturated/α-hetero) is 2. The maximum absolute atomic E-state index is 16.0. The van der Waals surface area contributed by atoms with E-state index in [1.807, 2.05) is 60.6 Å². The third-order valence-electron chi connectivity index (χ3n) is 13.4. The Morgan fingerprint density at radius 2 is 1.63 bits per heavy atom. The lowest BCUT2D eigenvalue weighted by atomic mass is 9.45. The molecule has 1 spiro atoms. The molecule has 4 heterocycles. The Labute approximate surface area is 358 Å². The lowest BCUT2D eigenvalue weighted by Crippen LogP contribution is -2.86. The van der Waals surface area contributed by atoms with Crippen molar-refractivity contribution in [1.29, 1.82) is 0 Å². The first kappa shape index (κ1) is 44.6. The van der Waals surface area contributed by atoms with Crippen LogP contribution in [0, 0.1) is 11.8 Å². The zero-order chi connectivity index (χ0) is 44.1. The van der Waals surface area contributed by atoms with Crippen LogP contribution >= 0.6 is 15.9 Å². The van der Waals surface area contributed by atoms with Crippen molar-refractivity contribution in [2.45, 2.75) is 151 Å². The summed E-state index contributed by atoms with van der Waals surface area (Å²) in [5.41, 5.74) is -2.94. The number of allylic oxidation sites excluding steroid dienone is 4. The molecule has 14 nitrogen and oxygen atoms in total. The van der Waals surface area contributed by atoms with Crippen molar-refractivity contribution in [1.82, 2.24) is 0 Å². The van der Waals surface area contributed by atoms with Gasteiger partial charge in [0.1, 0.15) is 52.8 Å². The minimum Gasteiger partial charge on any atom is -0.482 e. The second-order valence-electron chi connectivity index (χ2n) is 18.3. The minimum atomic E-state index is -2.05. The Morgan fingerprint density at radius 3 is 2.27 bits per heavy atom. The number of aliphatic hydroxyl groups is 5. The molecule has 3 aliphatic carbocycles. The number of methoxy groups -OCH3 is 1. The Kier molecular flexibility index (Phi) is 11.5. The first-order valence-electron chi connectivity index (χ1n) is 20.5. The monoisotopic (exact) mass is 900 g/mol. The van der Waals surface area contributed by atoms with E-state index in [2.05, 4.69) is 22.0 Å². The van der Waals surface area contributed by atoms with Crippen LogP contribution in [0.2, 0.25) is 0 Å². The summed E-state index contributed by atoms with van der Waals surface area (Å²) < 4.78 is 36.5. The van der Waals surface area contributed by atoms with Gasteiger partial charge < -0.3 is 54.0 Å². The zero-order valence-electron chi connectivity index (χ0n) is 35.5. The highest BCUT2D eigenvalue weighted by atomic mass is 79.9. The number of fused-ring (bicyclic) bond motifs is 2. The number of benzene rings is 1. The third kappa shape index (κ3) is 6.39. The van der Waals surface area contributed by atoms with E-state index in [1.54, 1.807) is 13.0 Å². The largest absolute Gasteiger partial charge is 0.482 e. The molecule has 8 rings (SSSR count). The quantitative estimate of drug-likeness (QED) is 0.0906. The smallest absolute Gasteiger partial charge is 0.333 e. The van der Waals surface area contributed by atoms with Gasteiger partial charge in [0.15, 0.2) is 27.1 Å². The predicted octanol–water partition coefficient (Wildman–Crippen LogP) is 4.37. The molecule has 7 unspecified atom stereocenters. The van der Waals surface area contributed by atoms with Crippen LogP contribution in [0.5, 0.6) is 17.2 Å².